The number of rotatable bonds is 2. The molecule has 5 atom stereocenters. The van der Waals surface area contributed by atoms with Gasteiger partial charge in [-0.25, -0.2) is 0 Å². The molecule has 2 saturated heterocycles. The molecule has 0 bridgehead atoms. The van der Waals surface area contributed by atoms with Gasteiger partial charge in [0.05, 0.1) is 29.8 Å². The van der Waals surface area contributed by atoms with Gasteiger partial charge in [0, 0.05) is 6.54 Å². The summed E-state index contributed by atoms with van der Waals surface area (Å²) < 4.78 is 0. The molecule has 0 saturated carbocycles. The molecule has 5 unspecified atom stereocenters. The Bertz CT molecular complexity index is 703. The van der Waals surface area contributed by atoms with Crippen molar-refractivity contribution in [2.45, 2.75) is 35.3 Å². The Morgan fingerprint density at radius 1 is 1.08 bits per heavy atom. The minimum absolute atomic E-state index is 0.0368. The molecular weight excluding hydrogens is 381 g/mol. The summed E-state index contributed by atoms with van der Waals surface area (Å²) in [5, 5.41) is 13.3. The van der Waals surface area contributed by atoms with Crippen molar-refractivity contribution in [3.05, 3.63) is 35.9 Å². The van der Waals surface area contributed by atoms with Gasteiger partial charge in [0.25, 0.3) is 0 Å². The lowest BCUT2D eigenvalue weighted by molar-refractivity contribution is -0.141. The lowest BCUT2D eigenvalue weighted by atomic mass is 10.0. The second-order valence-corrected chi connectivity index (χ2v) is 7.44. The van der Waals surface area contributed by atoms with E-state index in [1.165, 1.54) is 4.90 Å². The quantitative estimate of drug-likeness (QED) is 0.616. The first-order chi connectivity index (χ1) is 12.4. The average Bonchev–Trinajstić information content (AvgIpc) is 2.94. The summed E-state index contributed by atoms with van der Waals surface area (Å²) in [4.78, 5) is 39.2. The number of hydrogen-bond acceptors (Lipinski definition) is 4. The molecule has 7 nitrogen and oxygen atoms in total. The lowest BCUT2D eigenvalue weighted by Crippen LogP contribution is -2.58. The maximum absolute atomic E-state index is 12.8. The van der Waals surface area contributed by atoms with Crippen LogP contribution in [0.1, 0.15) is 18.0 Å². The molecule has 2 fully saturated rings. The van der Waals surface area contributed by atoms with Crippen molar-refractivity contribution in [3.8, 4) is 0 Å². The molecule has 2 heterocycles. The van der Waals surface area contributed by atoms with Gasteiger partial charge in [-0.05, 0) is 5.56 Å². The molecule has 0 aliphatic carbocycles. The van der Waals surface area contributed by atoms with E-state index in [4.69, 9.17) is 23.2 Å². The topological polar surface area (TPSA) is 98.7 Å². The third-order valence-corrected chi connectivity index (χ3v) is 5.74. The standard InChI is InChI=1S/C17H19Cl2N3O4/c18-10-7-22-13(24)6-11(9-4-2-1-3-5-9)20-16(25)12(8-23)21-17(26)15(22)14(10)19/h1-5,10-12,14-15,23H,6-8H2,(H,20,25)(H,21,26). The number of benzene rings is 1. The monoisotopic (exact) mass is 399 g/mol. The van der Waals surface area contributed by atoms with Gasteiger partial charge in [0.1, 0.15) is 12.1 Å². The van der Waals surface area contributed by atoms with Crippen LogP contribution in [-0.2, 0) is 14.4 Å². The van der Waals surface area contributed by atoms with Crippen LogP contribution in [0.5, 0.6) is 0 Å². The molecular formula is C17H19Cl2N3O4. The molecule has 1 aromatic rings. The Hall–Kier alpha value is -1.83. The number of amides is 3. The summed E-state index contributed by atoms with van der Waals surface area (Å²) in [7, 11) is 0. The van der Waals surface area contributed by atoms with Gasteiger partial charge in [-0.15, -0.1) is 23.2 Å². The van der Waals surface area contributed by atoms with E-state index < -0.39 is 47.3 Å². The zero-order chi connectivity index (χ0) is 18.8. The Morgan fingerprint density at radius 2 is 1.77 bits per heavy atom. The van der Waals surface area contributed by atoms with Crippen LogP contribution >= 0.6 is 23.2 Å². The van der Waals surface area contributed by atoms with Crippen molar-refractivity contribution in [3.63, 3.8) is 0 Å². The van der Waals surface area contributed by atoms with E-state index in [2.05, 4.69) is 10.6 Å². The van der Waals surface area contributed by atoms with Crippen LogP contribution < -0.4 is 10.6 Å². The van der Waals surface area contributed by atoms with Gasteiger partial charge in [-0.3, -0.25) is 14.4 Å². The number of nitrogens with zero attached hydrogens (tertiary/aromatic N) is 1. The fourth-order valence-corrected chi connectivity index (χ4v) is 3.88. The van der Waals surface area contributed by atoms with Crippen molar-refractivity contribution >= 4 is 40.9 Å². The van der Waals surface area contributed by atoms with Gasteiger partial charge in [-0.2, -0.15) is 0 Å². The zero-order valence-electron chi connectivity index (χ0n) is 13.8. The molecule has 140 valence electrons. The molecule has 2 aliphatic rings. The van der Waals surface area contributed by atoms with E-state index in [0.29, 0.717) is 0 Å². The number of hydrogen-bond donors (Lipinski definition) is 3. The van der Waals surface area contributed by atoms with Gasteiger partial charge in [0.15, 0.2) is 0 Å². The number of carbonyl (C=O) groups excluding carboxylic acids is 3. The zero-order valence-corrected chi connectivity index (χ0v) is 15.3. The van der Waals surface area contributed by atoms with E-state index in [0.717, 1.165) is 5.56 Å². The van der Waals surface area contributed by atoms with Crippen molar-refractivity contribution in [1.82, 2.24) is 15.5 Å². The molecule has 26 heavy (non-hydrogen) atoms. The number of nitrogens with one attached hydrogen (secondary N) is 2. The summed E-state index contributed by atoms with van der Waals surface area (Å²) in [5.41, 5.74) is 0.749. The van der Waals surface area contributed by atoms with Crippen LogP contribution in [-0.4, -0.2) is 63.7 Å². The summed E-state index contributed by atoms with van der Waals surface area (Å²) in [6.07, 6.45) is -0.0368. The van der Waals surface area contributed by atoms with Gasteiger partial charge >= 0.3 is 0 Å². The number of aliphatic hydroxyl groups excluding tert-OH is 1. The summed E-state index contributed by atoms with van der Waals surface area (Å²) in [6.45, 7) is -0.428. The number of halogens is 2. The lowest BCUT2D eigenvalue weighted by Gasteiger charge is -2.31. The Morgan fingerprint density at radius 3 is 2.42 bits per heavy atom. The highest BCUT2D eigenvalue weighted by Crippen LogP contribution is 2.30. The largest absolute Gasteiger partial charge is 0.394 e. The minimum Gasteiger partial charge on any atom is -0.394 e. The fourth-order valence-electron chi connectivity index (χ4n) is 3.27. The van der Waals surface area contributed by atoms with Crippen molar-refractivity contribution < 1.29 is 19.5 Å². The molecule has 0 aromatic heterocycles. The van der Waals surface area contributed by atoms with Crippen LogP contribution in [0.4, 0.5) is 0 Å². The van der Waals surface area contributed by atoms with E-state index in [1.54, 1.807) is 24.3 Å². The first kappa shape index (κ1) is 18.9. The Kier molecular flexibility index (Phi) is 5.70. The minimum atomic E-state index is -1.14. The SMILES string of the molecule is O=C1NC(c2ccccc2)CC(=O)N2CC(Cl)C(Cl)C2C(=O)NC1CO. The smallest absolute Gasteiger partial charge is 0.245 e. The van der Waals surface area contributed by atoms with Crippen LogP contribution in [0.25, 0.3) is 0 Å². The third-order valence-electron chi connectivity index (χ3n) is 4.66. The van der Waals surface area contributed by atoms with Gasteiger partial charge in [-0.1, -0.05) is 30.3 Å². The van der Waals surface area contributed by atoms with Crippen LogP contribution in [0.2, 0.25) is 0 Å². The maximum Gasteiger partial charge on any atom is 0.245 e. The van der Waals surface area contributed by atoms with E-state index in [1.807, 2.05) is 6.07 Å². The molecule has 9 heteroatoms. The Balaban J connectivity index is 1.96. The van der Waals surface area contributed by atoms with Gasteiger partial charge in [0.2, 0.25) is 17.7 Å². The molecule has 3 amide bonds. The van der Waals surface area contributed by atoms with Crippen LogP contribution in [0.3, 0.4) is 0 Å². The second-order valence-electron chi connectivity index (χ2n) is 6.37. The molecule has 3 rings (SSSR count). The van der Waals surface area contributed by atoms with Crippen LogP contribution in [0.15, 0.2) is 30.3 Å². The van der Waals surface area contributed by atoms with Crippen LogP contribution in [0, 0.1) is 0 Å². The maximum atomic E-state index is 12.8. The number of carbonyl (C=O) groups is 3. The average molecular weight is 400 g/mol. The molecule has 2 aliphatic heterocycles. The summed E-state index contributed by atoms with van der Waals surface area (Å²) >= 11 is 12.4. The first-order valence-corrected chi connectivity index (χ1v) is 9.13. The highest BCUT2D eigenvalue weighted by atomic mass is 35.5. The van der Waals surface area contributed by atoms with Crippen molar-refractivity contribution in [2.24, 2.45) is 0 Å². The van der Waals surface area contributed by atoms with Gasteiger partial charge < -0.3 is 20.6 Å². The van der Waals surface area contributed by atoms with E-state index >= 15 is 0 Å². The summed E-state index contributed by atoms with van der Waals surface area (Å²) in [5.74, 6) is -1.49. The van der Waals surface area contributed by atoms with Crippen molar-refractivity contribution in [2.75, 3.05) is 13.2 Å². The first-order valence-electron chi connectivity index (χ1n) is 8.26. The highest BCUT2D eigenvalue weighted by molar-refractivity contribution is 6.32. The fraction of sp³-hybridized carbons (Fsp3) is 0.471. The van der Waals surface area contributed by atoms with E-state index in [9.17, 15) is 19.5 Å². The number of fused-ring (bicyclic) bond motifs is 1. The molecule has 0 radical (unpaired) electrons. The predicted molar refractivity (Wildman–Crippen MR) is 95.7 cm³/mol. The van der Waals surface area contributed by atoms with Crippen molar-refractivity contribution in [1.29, 1.82) is 0 Å². The molecule has 3 N–H and O–H groups in total. The normalized spacial score (nSPS) is 32.7. The second kappa shape index (κ2) is 7.82. The summed E-state index contributed by atoms with van der Waals surface area (Å²) in [6, 6.07) is 6.32. The molecule has 0 spiro atoms. The van der Waals surface area contributed by atoms with E-state index in [-0.39, 0.29) is 18.9 Å². The Labute approximate surface area is 160 Å². The third kappa shape index (κ3) is 3.65. The highest BCUT2D eigenvalue weighted by Gasteiger charge is 2.47. The molecule has 1 aromatic carbocycles. The number of aliphatic hydroxyl groups is 1. The number of alkyl halides is 2. The predicted octanol–water partition coefficient (Wildman–Crippen LogP) is 0.150.